The Morgan fingerprint density at radius 3 is 2.43 bits per heavy atom. The molecular weight excluding hydrogens is 260 g/mol. The van der Waals surface area contributed by atoms with E-state index in [1.54, 1.807) is 0 Å². The molecule has 3 N–H and O–H groups in total. The lowest BCUT2D eigenvalue weighted by Gasteiger charge is -2.12. The molecule has 21 heavy (non-hydrogen) atoms. The molecule has 0 saturated carbocycles. The summed E-state index contributed by atoms with van der Waals surface area (Å²) in [5.74, 6) is 0.0435. The summed E-state index contributed by atoms with van der Waals surface area (Å²) >= 11 is 0. The van der Waals surface area contributed by atoms with Gasteiger partial charge in [0.2, 0.25) is 5.91 Å². The fourth-order valence-electron chi connectivity index (χ4n) is 2.15. The number of amides is 1. The zero-order chi connectivity index (χ0) is 15.1. The van der Waals surface area contributed by atoms with Gasteiger partial charge in [0.1, 0.15) is 0 Å². The number of carbonyl (C=O) groups excluding carboxylic acids is 1. The first kappa shape index (κ1) is 15.3. The molecule has 2 aromatic carbocycles. The highest BCUT2D eigenvalue weighted by Gasteiger charge is 2.08. The third-order valence-electron chi connectivity index (χ3n) is 3.52. The summed E-state index contributed by atoms with van der Waals surface area (Å²) in [5, 5.41) is 2.93. The van der Waals surface area contributed by atoms with Crippen LogP contribution >= 0.6 is 0 Å². The van der Waals surface area contributed by atoms with E-state index in [1.807, 2.05) is 61.5 Å². The molecule has 2 rings (SSSR count). The summed E-state index contributed by atoms with van der Waals surface area (Å²) in [6, 6.07) is 18.0. The lowest BCUT2D eigenvalue weighted by molar-refractivity contribution is -0.121. The third-order valence-corrected chi connectivity index (χ3v) is 3.52. The molecule has 2 aromatic rings. The van der Waals surface area contributed by atoms with Crippen LogP contribution in [-0.2, 0) is 11.3 Å². The second-order valence-corrected chi connectivity index (χ2v) is 5.32. The SMILES string of the molecule is Cc1ccc(CNC(=O)CCC(N)c2ccccc2)cc1. The van der Waals surface area contributed by atoms with Gasteiger partial charge in [0.15, 0.2) is 0 Å². The van der Waals surface area contributed by atoms with Crippen molar-refractivity contribution < 1.29 is 4.79 Å². The number of carbonyl (C=O) groups is 1. The predicted octanol–water partition coefficient (Wildman–Crippen LogP) is 3.09. The van der Waals surface area contributed by atoms with Crippen molar-refractivity contribution in [3.05, 3.63) is 71.3 Å². The topological polar surface area (TPSA) is 55.1 Å². The number of nitrogens with two attached hydrogens (primary N) is 1. The van der Waals surface area contributed by atoms with Crippen LogP contribution in [0.4, 0.5) is 0 Å². The molecule has 0 heterocycles. The Hall–Kier alpha value is -2.13. The minimum Gasteiger partial charge on any atom is -0.352 e. The zero-order valence-electron chi connectivity index (χ0n) is 12.4. The largest absolute Gasteiger partial charge is 0.352 e. The van der Waals surface area contributed by atoms with E-state index in [9.17, 15) is 4.79 Å². The first-order chi connectivity index (χ1) is 10.1. The van der Waals surface area contributed by atoms with Crippen molar-refractivity contribution in [3.8, 4) is 0 Å². The molecule has 0 aliphatic carbocycles. The molecule has 0 fully saturated rings. The van der Waals surface area contributed by atoms with Gasteiger partial charge in [-0.25, -0.2) is 0 Å². The molecule has 3 nitrogen and oxygen atoms in total. The highest BCUT2D eigenvalue weighted by atomic mass is 16.1. The van der Waals surface area contributed by atoms with Crippen LogP contribution in [0.3, 0.4) is 0 Å². The minimum absolute atomic E-state index is 0.0435. The Balaban J connectivity index is 1.73. The maximum Gasteiger partial charge on any atom is 0.220 e. The van der Waals surface area contributed by atoms with E-state index in [1.165, 1.54) is 5.56 Å². The van der Waals surface area contributed by atoms with Crippen LogP contribution in [0.5, 0.6) is 0 Å². The van der Waals surface area contributed by atoms with Gasteiger partial charge >= 0.3 is 0 Å². The molecular formula is C18H22N2O. The van der Waals surface area contributed by atoms with E-state index in [0.717, 1.165) is 11.1 Å². The number of hydrogen-bond acceptors (Lipinski definition) is 2. The van der Waals surface area contributed by atoms with Crippen molar-refractivity contribution in [2.24, 2.45) is 5.73 Å². The first-order valence-corrected chi connectivity index (χ1v) is 7.28. The van der Waals surface area contributed by atoms with Gasteiger partial charge in [0.25, 0.3) is 0 Å². The van der Waals surface area contributed by atoms with Gasteiger partial charge in [-0.15, -0.1) is 0 Å². The molecule has 0 bridgehead atoms. The van der Waals surface area contributed by atoms with Gasteiger partial charge in [-0.05, 0) is 24.5 Å². The monoisotopic (exact) mass is 282 g/mol. The predicted molar refractivity (Wildman–Crippen MR) is 85.6 cm³/mol. The number of hydrogen-bond donors (Lipinski definition) is 2. The molecule has 110 valence electrons. The minimum atomic E-state index is -0.0867. The molecule has 0 radical (unpaired) electrons. The third kappa shape index (κ3) is 5.04. The van der Waals surface area contributed by atoms with Gasteiger partial charge < -0.3 is 11.1 Å². The van der Waals surface area contributed by atoms with E-state index in [4.69, 9.17) is 5.73 Å². The Bertz CT molecular complexity index is 564. The number of nitrogens with one attached hydrogen (secondary N) is 1. The van der Waals surface area contributed by atoms with Crippen LogP contribution in [0.2, 0.25) is 0 Å². The quantitative estimate of drug-likeness (QED) is 0.855. The molecule has 0 aliphatic heterocycles. The van der Waals surface area contributed by atoms with Crippen LogP contribution in [0.15, 0.2) is 54.6 Å². The molecule has 0 saturated heterocycles. The molecule has 1 amide bonds. The number of rotatable bonds is 6. The summed E-state index contributed by atoms with van der Waals surface area (Å²) < 4.78 is 0. The fourth-order valence-corrected chi connectivity index (χ4v) is 2.15. The van der Waals surface area contributed by atoms with Gasteiger partial charge in [-0.2, -0.15) is 0 Å². The summed E-state index contributed by atoms with van der Waals surface area (Å²) in [6.07, 6.45) is 1.10. The van der Waals surface area contributed by atoms with Crippen LogP contribution < -0.4 is 11.1 Å². The van der Waals surface area contributed by atoms with E-state index >= 15 is 0 Å². The molecule has 0 aliphatic rings. The van der Waals surface area contributed by atoms with E-state index in [2.05, 4.69) is 5.32 Å². The summed E-state index contributed by atoms with van der Waals surface area (Å²) in [5.41, 5.74) is 9.49. The molecule has 3 heteroatoms. The van der Waals surface area contributed by atoms with E-state index in [0.29, 0.717) is 19.4 Å². The van der Waals surface area contributed by atoms with Crippen molar-refractivity contribution in [3.63, 3.8) is 0 Å². The van der Waals surface area contributed by atoms with Gasteiger partial charge in [0, 0.05) is 19.0 Å². The Morgan fingerprint density at radius 1 is 1.10 bits per heavy atom. The van der Waals surface area contributed by atoms with Crippen LogP contribution in [0, 0.1) is 6.92 Å². The number of benzene rings is 2. The fraction of sp³-hybridized carbons (Fsp3) is 0.278. The maximum absolute atomic E-state index is 11.9. The summed E-state index contributed by atoms with van der Waals surface area (Å²) in [6.45, 7) is 2.62. The molecule has 0 aromatic heterocycles. The van der Waals surface area contributed by atoms with E-state index in [-0.39, 0.29) is 11.9 Å². The Kier molecular flexibility index (Phi) is 5.52. The lowest BCUT2D eigenvalue weighted by Crippen LogP contribution is -2.24. The van der Waals surface area contributed by atoms with Crippen molar-refractivity contribution >= 4 is 5.91 Å². The van der Waals surface area contributed by atoms with Crippen molar-refractivity contribution in [2.45, 2.75) is 32.4 Å². The average molecular weight is 282 g/mol. The summed E-state index contributed by atoms with van der Waals surface area (Å²) in [4.78, 5) is 11.9. The summed E-state index contributed by atoms with van der Waals surface area (Å²) in [7, 11) is 0. The van der Waals surface area contributed by atoms with Crippen LogP contribution in [0.25, 0.3) is 0 Å². The lowest BCUT2D eigenvalue weighted by atomic mass is 10.0. The van der Waals surface area contributed by atoms with Gasteiger partial charge in [0.05, 0.1) is 0 Å². The van der Waals surface area contributed by atoms with Gasteiger partial charge in [-0.3, -0.25) is 4.79 Å². The Morgan fingerprint density at radius 2 is 1.76 bits per heavy atom. The standard InChI is InChI=1S/C18H22N2O/c1-14-7-9-15(10-8-14)13-20-18(21)12-11-17(19)16-5-3-2-4-6-16/h2-10,17H,11-13,19H2,1H3,(H,20,21). The maximum atomic E-state index is 11.9. The zero-order valence-corrected chi connectivity index (χ0v) is 12.4. The molecule has 1 unspecified atom stereocenters. The van der Waals surface area contributed by atoms with Crippen molar-refractivity contribution in [1.29, 1.82) is 0 Å². The van der Waals surface area contributed by atoms with Crippen molar-refractivity contribution in [2.75, 3.05) is 0 Å². The van der Waals surface area contributed by atoms with Crippen molar-refractivity contribution in [1.82, 2.24) is 5.32 Å². The molecule has 1 atom stereocenters. The smallest absolute Gasteiger partial charge is 0.220 e. The second-order valence-electron chi connectivity index (χ2n) is 5.32. The van der Waals surface area contributed by atoms with E-state index < -0.39 is 0 Å². The van der Waals surface area contributed by atoms with Crippen LogP contribution in [0.1, 0.15) is 35.6 Å². The normalized spacial score (nSPS) is 11.9. The molecule has 0 spiro atoms. The first-order valence-electron chi connectivity index (χ1n) is 7.28. The van der Waals surface area contributed by atoms with Gasteiger partial charge in [-0.1, -0.05) is 60.2 Å². The highest BCUT2D eigenvalue weighted by molar-refractivity contribution is 5.75. The average Bonchev–Trinajstić information content (AvgIpc) is 2.53. The second kappa shape index (κ2) is 7.60. The Labute approximate surface area is 126 Å². The highest BCUT2D eigenvalue weighted by Crippen LogP contribution is 2.14. The van der Waals surface area contributed by atoms with Crippen LogP contribution in [-0.4, -0.2) is 5.91 Å². The number of aryl methyl sites for hydroxylation is 1.